The molecule has 0 aliphatic heterocycles. The van der Waals surface area contributed by atoms with Gasteiger partial charge in [-0.2, -0.15) is 0 Å². The maximum absolute atomic E-state index is 5.52. The Morgan fingerprint density at radius 2 is 2.17 bits per heavy atom. The van der Waals surface area contributed by atoms with E-state index in [0.717, 1.165) is 29.3 Å². The van der Waals surface area contributed by atoms with Crippen LogP contribution in [0.15, 0.2) is 36.5 Å². The van der Waals surface area contributed by atoms with Gasteiger partial charge in [0.25, 0.3) is 0 Å². The Hall–Kier alpha value is -1.94. The van der Waals surface area contributed by atoms with Crippen molar-refractivity contribution >= 4 is 0 Å². The molecule has 0 spiro atoms. The Kier molecular flexibility index (Phi) is 4.25. The highest BCUT2D eigenvalue weighted by atomic mass is 16.5. The maximum Gasteiger partial charge on any atom is 0.132 e. The average Bonchev–Trinajstić information content (AvgIpc) is 2.40. The molecule has 0 bridgehead atoms. The second kappa shape index (κ2) is 6.12. The number of rotatable bonds is 5. The fraction of sp³-hybridized carbons (Fsp3) is 0.286. The number of hydrogen-bond acceptors (Lipinski definition) is 4. The van der Waals surface area contributed by atoms with Gasteiger partial charge in [0.05, 0.1) is 7.11 Å². The number of nitrogens with two attached hydrogens (primary N) is 1. The molecule has 1 aromatic heterocycles. The molecule has 2 rings (SSSR count). The van der Waals surface area contributed by atoms with E-state index in [2.05, 4.69) is 9.97 Å². The molecule has 0 aliphatic rings. The van der Waals surface area contributed by atoms with Crippen molar-refractivity contribution in [3.63, 3.8) is 0 Å². The van der Waals surface area contributed by atoms with Crippen molar-refractivity contribution < 1.29 is 4.74 Å². The zero-order chi connectivity index (χ0) is 12.8. The van der Waals surface area contributed by atoms with Crippen molar-refractivity contribution in [2.75, 3.05) is 13.7 Å². The molecule has 94 valence electrons. The third-order valence-electron chi connectivity index (χ3n) is 2.66. The highest BCUT2D eigenvalue weighted by molar-refractivity contribution is 5.30. The third-order valence-corrected chi connectivity index (χ3v) is 2.66. The molecule has 2 aromatic rings. The molecular weight excluding hydrogens is 226 g/mol. The lowest BCUT2D eigenvalue weighted by Gasteiger charge is -2.05. The van der Waals surface area contributed by atoms with Crippen LogP contribution >= 0.6 is 0 Å². The molecule has 0 aliphatic carbocycles. The second-order valence-corrected chi connectivity index (χ2v) is 4.03. The lowest BCUT2D eigenvalue weighted by Crippen LogP contribution is -2.06. The number of aromatic nitrogens is 2. The summed E-state index contributed by atoms with van der Waals surface area (Å²) in [6.45, 7) is 0.607. The van der Waals surface area contributed by atoms with E-state index in [-0.39, 0.29) is 0 Å². The summed E-state index contributed by atoms with van der Waals surface area (Å²) in [4.78, 5) is 8.76. The van der Waals surface area contributed by atoms with Crippen molar-refractivity contribution in [2.24, 2.45) is 5.73 Å². The molecule has 0 fully saturated rings. The molecule has 0 saturated carbocycles. The van der Waals surface area contributed by atoms with E-state index in [1.54, 1.807) is 13.3 Å². The van der Waals surface area contributed by atoms with Crippen molar-refractivity contribution in [3.05, 3.63) is 53.6 Å². The van der Waals surface area contributed by atoms with Crippen molar-refractivity contribution in [3.8, 4) is 5.75 Å². The Balaban J connectivity index is 2.14. The van der Waals surface area contributed by atoms with Crippen LogP contribution in [0, 0.1) is 0 Å². The largest absolute Gasteiger partial charge is 0.497 e. The topological polar surface area (TPSA) is 61.0 Å². The molecule has 0 atom stereocenters. The van der Waals surface area contributed by atoms with Gasteiger partial charge in [-0.1, -0.05) is 12.1 Å². The summed E-state index contributed by atoms with van der Waals surface area (Å²) in [5, 5.41) is 0. The van der Waals surface area contributed by atoms with E-state index in [4.69, 9.17) is 10.5 Å². The maximum atomic E-state index is 5.52. The highest BCUT2D eigenvalue weighted by Crippen LogP contribution is 2.14. The Morgan fingerprint density at radius 3 is 2.94 bits per heavy atom. The van der Waals surface area contributed by atoms with Gasteiger partial charge in [0, 0.05) is 24.7 Å². The van der Waals surface area contributed by atoms with Crippen LogP contribution in [0.3, 0.4) is 0 Å². The van der Waals surface area contributed by atoms with E-state index in [9.17, 15) is 0 Å². The molecule has 2 N–H and O–H groups in total. The minimum absolute atomic E-state index is 0.607. The first-order valence-corrected chi connectivity index (χ1v) is 5.95. The molecule has 0 radical (unpaired) electrons. The van der Waals surface area contributed by atoms with Crippen LogP contribution in [0.5, 0.6) is 5.75 Å². The van der Waals surface area contributed by atoms with Gasteiger partial charge in [-0.15, -0.1) is 0 Å². The van der Waals surface area contributed by atoms with Crippen LogP contribution in [0.1, 0.15) is 17.1 Å². The number of hydrogen-bond donors (Lipinski definition) is 1. The smallest absolute Gasteiger partial charge is 0.132 e. The van der Waals surface area contributed by atoms with E-state index in [0.29, 0.717) is 13.0 Å². The standard InChI is InChI=1S/C14H17N3O/c1-18-13-4-2-3-11(9-13)10-14-16-8-6-12(17-14)5-7-15/h2-4,6,8-9H,5,7,10,15H2,1H3. The third kappa shape index (κ3) is 3.28. The minimum atomic E-state index is 0.607. The van der Waals surface area contributed by atoms with Gasteiger partial charge < -0.3 is 10.5 Å². The van der Waals surface area contributed by atoms with E-state index >= 15 is 0 Å². The van der Waals surface area contributed by atoms with Crippen LogP contribution in [-0.2, 0) is 12.8 Å². The summed E-state index contributed by atoms with van der Waals surface area (Å²) in [7, 11) is 1.66. The van der Waals surface area contributed by atoms with E-state index < -0.39 is 0 Å². The number of methoxy groups -OCH3 is 1. The lowest BCUT2D eigenvalue weighted by molar-refractivity contribution is 0.414. The van der Waals surface area contributed by atoms with Crippen molar-refractivity contribution in [2.45, 2.75) is 12.8 Å². The summed E-state index contributed by atoms with van der Waals surface area (Å²) >= 11 is 0. The second-order valence-electron chi connectivity index (χ2n) is 4.03. The van der Waals surface area contributed by atoms with Gasteiger partial charge >= 0.3 is 0 Å². The summed E-state index contributed by atoms with van der Waals surface area (Å²) < 4.78 is 5.20. The highest BCUT2D eigenvalue weighted by Gasteiger charge is 2.02. The fourth-order valence-corrected chi connectivity index (χ4v) is 1.78. The van der Waals surface area contributed by atoms with Crippen LogP contribution in [0.2, 0.25) is 0 Å². The van der Waals surface area contributed by atoms with Crippen LogP contribution in [0.4, 0.5) is 0 Å². The zero-order valence-electron chi connectivity index (χ0n) is 10.5. The molecular formula is C14H17N3O. The van der Waals surface area contributed by atoms with E-state index in [1.165, 1.54) is 0 Å². The number of nitrogens with zero attached hydrogens (tertiary/aromatic N) is 2. The first-order valence-electron chi connectivity index (χ1n) is 5.95. The zero-order valence-corrected chi connectivity index (χ0v) is 10.5. The Labute approximate surface area is 107 Å². The lowest BCUT2D eigenvalue weighted by atomic mass is 10.1. The van der Waals surface area contributed by atoms with Crippen molar-refractivity contribution in [1.82, 2.24) is 9.97 Å². The number of ether oxygens (including phenoxy) is 1. The average molecular weight is 243 g/mol. The number of benzene rings is 1. The first kappa shape index (κ1) is 12.5. The normalized spacial score (nSPS) is 10.3. The monoisotopic (exact) mass is 243 g/mol. The summed E-state index contributed by atoms with van der Waals surface area (Å²) in [6.07, 6.45) is 3.27. The van der Waals surface area contributed by atoms with Gasteiger partial charge in [0.2, 0.25) is 0 Å². The quantitative estimate of drug-likeness (QED) is 0.866. The van der Waals surface area contributed by atoms with Gasteiger partial charge in [0.1, 0.15) is 11.6 Å². The molecule has 0 unspecified atom stereocenters. The molecule has 18 heavy (non-hydrogen) atoms. The Bertz CT molecular complexity index is 514. The van der Waals surface area contributed by atoms with Gasteiger partial charge in [-0.05, 0) is 30.3 Å². The SMILES string of the molecule is COc1cccc(Cc2nccc(CCN)n2)c1. The predicted octanol–water partition coefficient (Wildman–Crippen LogP) is 1.58. The van der Waals surface area contributed by atoms with Crippen LogP contribution < -0.4 is 10.5 Å². The minimum Gasteiger partial charge on any atom is -0.497 e. The molecule has 1 heterocycles. The van der Waals surface area contributed by atoms with Gasteiger partial charge in [-0.3, -0.25) is 0 Å². The Morgan fingerprint density at radius 1 is 1.28 bits per heavy atom. The van der Waals surface area contributed by atoms with Crippen LogP contribution in [0.25, 0.3) is 0 Å². The molecule has 4 nitrogen and oxygen atoms in total. The predicted molar refractivity (Wildman–Crippen MR) is 70.6 cm³/mol. The van der Waals surface area contributed by atoms with Crippen LogP contribution in [-0.4, -0.2) is 23.6 Å². The van der Waals surface area contributed by atoms with Gasteiger partial charge in [-0.25, -0.2) is 9.97 Å². The van der Waals surface area contributed by atoms with E-state index in [1.807, 2.05) is 30.3 Å². The fourth-order valence-electron chi connectivity index (χ4n) is 1.78. The summed E-state index contributed by atoms with van der Waals surface area (Å²) in [5.41, 5.74) is 7.65. The molecule has 1 aromatic carbocycles. The van der Waals surface area contributed by atoms with Gasteiger partial charge in [0.15, 0.2) is 0 Å². The summed E-state index contributed by atoms with van der Waals surface area (Å²) in [6, 6.07) is 9.84. The molecule has 0 saturated heterocycles. The first-order chi connectivity index (χ1) is 8.81. The molecule has 4 heteroatoms. The molecule has 0 amide bonds. The summed E-state index contributed by atoms with van der Waals surface area (Å²) in [5.74, 6) is 1.67. The van der Waals surface area contributed by atoms with Crippen molar-refractivity contribution in [1.29, 1.82) is 0 Å².